The maximum atomic E-state index is 12.8. The first-order valence-electron chi connectivity index (χ1n) is 8.44. The molecular formula is C19H18ClN3O4S2. The number of amides is 1. The van der Waals surface area contributed by atoms with Crippen molar-refractivity contribution in [2.75, 3.05) is 12.4 Å². The van der Waals surface area contributed by atoms with Crippen molar-refractivity contribution in [1.29, 1.82) is 0 Å². The molecule has 0 saturated carbocycles. The number of carbonyl (C=O) groups is 1. The van der Waals surface area contributed by atoms with Gasteiger partial charge in [0.1, 0.15) is 10.6 Å². The molecule has 1 heterocycles. The van der Waals surface area contributed by atoms with Gasteiger partial charge in [0.2, 0.25) is 10.0 Å². The monoisotopic (exact) mass is 451 g/mol. The number of aryl methyl sites for hydroxylation is 1. The van der Waals surface area contributed by atoms with Crippen LogP contribution in [0.4, 0.5) is 5.13 Å². The smallest absolute Gasteiger partial charge is 0.257 e. The zero-order valence-corrected chi connectivity index (χ0v) is 18.0. The maximum Gasteiger partial charge on any atom is 0.257 e. The summed E-state index contributed by atoms with van der Waals surface area (Å²) in [6.07, 6.45) is 1.64. The largest absolute Gasteiger partial charge is 0.495 e. The zero-order valence-electron chi connectivity index (χ0n) is 15.6. The van der Waals surface area contributed by atoms with Gasteiger partial charge >= 0.3 is 0 Å². The number of aromatic nitrogens is 1. The summed E-state index contributed by atoms with van der Waals surface area (Å²) in [6.45, 7) is 1.94. The van der Waals surface area contributed by atoms with Crippen LogP contribution in [0.25, 0.3) is 0 Å². The fraction of sp³-hybridized carbons (Fsp3) is 0.158. The molecule has 0 spiro atoms. The number of hydrogen-bond acceptors (Lipinski definition) is 6. The Morgan fingerprint density at radius 1 is 1.21 bits per heavy atom. The van der Waals surface area contributed by atoms with E-state index in [0.29, 0.717) is 10.2 Å². The number of benzene rings is 2. The predicted molar refractivity (Wildman–Crippen MR) is 113 cm³/mol. The Morgan fingerprint density at radius 2 is 1.93 bits per heavy atom. The number of methoxy groups -OCH3 is 1. The van der Waals surface area contributed by atoms with Gasteiger partial charge in [0.05, 0.1) is 7.11 Å². The highest BCUT2D eigenvalue weighted by Gasteiger charge is 2.22. The van der Waals surface area contributed by atoms with Crippen LogP contribution in [-0.4, -0.2) is 26.4 Å². The van der Waals surface area contributed by atoms with Crippen LogP contribution < -0.4 is 14.8 Å². The van der Waals surface area contributed by atoms with Gasteiger partial charge in [-0.2, -0.15) is 0 Å². The molecule has 3 aromatic rings. The minimum Gasteiger partial charge on any atom is -0.495 e. The number of nitrogens with zero attached hydrogens (tertiary/aromatic N) is 1. The van der Waals surface area contributed by atoms with Crippen LogP contribution >= 0.6 is 22.9 Å². The highest BCUT2D eigenvalue weighted by Crippen LogP contribution is 2.26. The molecule has 2 aromatic carbocycles. The molecule has 29 heavy (non-hydrogen) atoms. The van der Waals surface area contributed by atoms with E-state index in [9.17, 15) is 13.2 Å². The van der Waals surface area contributed by atoms with Crippen LogP contribution in [0.2, 0.25) is 5.02 Å². The molecule has 152 valence electrons. The third-order valence-corrected chi connectivity index (χ3v) is 6.44. The second-order valence-corrected chi connectivity index (χ2v) is 9.45. The van der Waals surface area contributed by atoms with E-state index in [1.165, 1.54) is 36.6 Å². The molecular weight excluding hydrogens is 434 g/mol. The van der Waals surface area contributed by atoms with Crippen molar-refractivity contribution in [3.05, 3.63) is 69.7 Å². The third-order valence-electron chi connectivity index (χ3n) is 3.94. The van der Waals surface area contributed by atoms with Crippen molar-refractivity contribution in [2.45, 2.75) is 18.4 Å². The molecule has 0 saturated heterocycles. The molecule has 1 amide bonds. The molecule has 0 radical (unpaired) electrons. The number of halogens is 1. The second-order valence-electron chi connectivity index (χ2n) is 6.05. The first kappa shape index (κ1) is 21.3. The van der Waals surface area contributed by atoms with E-state index in [0.717, 1.165) is 10.4 Å². The molecule has 0 bridgehead atoms. The Kier molecular flexibility index (Phi) is 6.53. The summed E-state index contributed by atoms with van der Waals surface area (Å²) >= 11 is 7.17. The van der Waals surface area contributed by atoms with Gasteiger partial charge in [-0.3, -0.25) is 10.1 Å². The highest BCUT2D eigenvalue weighted by molar-refractivity contribution is 7.89. The lowest BCUT2D eigenvalue weighted by Gasteiger charge is -2.12. The van der Waals surface area contributed by atoms with Gasteiger partial charge in [-0.1, -0.05) is 23.7 Å². The Balaban J connectivity index is 1.83. The van der Waals surface area contributed by atoms with Gasteiger partial charge in [0, 0.05) is 28.2 Å². The van der Waals surface area contributed by atoms with Crippen LogP contribution in [0.1, 0.15) is 20.8 Å². The zero-order chi connectivity index (χ0) is 21.0. The lowest BCUT2D eigenvalue weighted by Crippen LogP contribution is -2.24. The summed E-state index contributed by atoms with van der Waals surface area (Å²) < 4.78 is 33.3. The Hall–Kier alpha value is -2.46. The van der Waals surface area contributed by atoms with E-state index in [1.54, 1.807) is 30.5 Å². The number of thiazole rings is 1. The Labute approximate surface area is 177 Å². The molecule has 0 unspecified atom stereocenters. The number of hydrogen-bond donors (Lipinski definition) is 2. The lowest BCUT2D eigenvalue weighted by molar-refractivity contribution is 0.102. The summed E-state index contributed by atoms with van der Waals surface area (Å²) in [4.78, 5) is 17.4. The van der Waals surface area contributed by atoms with E-state index in [1.807, 2.05) is 6.92 Å². The molecule has 0 fully saturated rings. The summed E-state index contributed by atoms with van der Waals surface area (Å²) in [6, 6.07) is 11.0. The molecule has 0 aliphatic rings. The molecule has 3 rings (SSSR count). The number of carbonyl (C=O) groups excluding carboxylic acids is 1. The SMILES string of the molecule is COc1ccc(C(=O)Nc2ncc(C)s2)cc1S(=O)(=O)NCc1ccc(Cl)cc1. The molecule has 1 aromatic heterocycles. The molecule has 7 nitrogen and oxygen atoms in total. The third kappa shape index (κ3) is 5.33. The fourth-order valence-corrected chi connectivity index (χ4v) is 4.46. The highest BCUT2D eigenvalue weighted by atomic mass is 35.5. The summed E-state index contributed by atoms with van der Waals surface area (Å²) in [7, 11) is -2.57. The predicted octanol–water partition coefficient (Wildman–Crippen LogP) is 3.84. The van der Waals surface area contributed by atoms with E-state index < -0.39 is 15.9 Å². The van der Waals surface area contributed by atoms with Gasteiger partial charge in [-0.15, -0.1) is 11.3 Å². The first-order chi connectivity index (χ1) is 13.8. The fourth-order valence-electron chi connectivity index (χ4n) is 2.47. The van der Waals surface area contributed by atoms with E-state index in [4.69, 9.17) is 16.3 Å². The van der Waals surface area contributed by atoms with Crippen molar-refractivity contribution >= 4 is 44.0 Å². The van der Waals surface area contributed by atoms with Crippen molar-refractivity contribution < 1.29 is 17.9 Å². The average molecular weight is 452 g/mol. The van der Waals surface area contributed by atoms with Crippen LogP contribution in [0.15, 0.2) is 53.6 Å². The first-order valence-corrected chi connectivity index (χ1v) is 11.1. The Morgan fingerprint density at radius 3 is 2.55 bits per heavy atom. The molecule has 10 heteroatoms. The van der Waals surface area contributed by atoms with Crippen molar-refractivity contribution in [1.82, 2.24) is 9.71 Å². The van der Waals surface area contributed by atoms with Crippen LogP contribution in [-0.2, 0) is 16.6 Å². The van der Waals surface area contributed by atoms with Gasteiger partial charge in [-0.05, 0) is 42.8 Å². The van der Waals surface area contributed by atoms with Crippen molar-refractivity contribution in [2.24, 2.45) is 0 Å². The van der Waals surface area contributed by atoms with Crippen LogP contribution in [0.5, 0.6) is 5.75 Å². The quantitative estimate of drug-likeness (QED) is 0.568. The van der Waals surface area contributed by atoms with Gasteiger partial charge < -0.3 is 4.74 Å². The number of ether oxygens (including phenoxy) is 1. The van der Waals surface area contributed by atoms with E-state index in [-0.39, 0.29) is 22.8 Å². The normalized spacial score (nSPS) is 11.3. The number of rotatable bonds is 7. The minimum absolute atomic E-state index is 0.0669. The second kappa shape index (κ2) is 8.91. The Bertz CT molecular complexity index is 1130. The average Bonchev–Trinajstić information content (AvgIpc) is 3.11. The summed E-state index contributed by atoms with van der Waals surface area (Å²) in [5, 5.41) is 3.66. The maximum absolute atomic E-state index is 12.8. The van der Waals surface area contributed by atoms with Crippen molar-refractivity contribution in [3.8, 4) is 5.75 Å². The van der Waals surface area contributed by atoms with Crippen LogP contribution in [0, 0.1) is 6.92 Å². The summed E-state index contributed by atoms with van der Waals surface area (Å²) in [5.74, 6) is -0.327. The molecule has 2 N–H and O–H groups in total. The molecule has 0 atom stereocenters. The van der Waals surface area contributed by atoms with Gasteiger partial charge in [-0.25, -0.2) is 18.1 Å². The van der Waals surface area contributed by atoms with Gasteiger partial charge in [0.15, 0.2) is 5.13 Å². The standard InChI is InChI=1S/C19H18ClN3O4S2/c1-12-10-21-19(28-12)23-18(24)14-5-8-16(27-2)17(9-14)29(25,26)22-11-13-3-6-15(20)7-4-13/h3-10,22H,11H2,1-2H3,(H,21,23,24). The molecule has 0 aliphatic carbocycles. The van der Waals surface area contributed by atoms with Gasteiger partial charge in [0.25, 0.3) is 5.91 Å². The lowest BCUT2D eigenvalue weighted by atomic mass is 10.2. The number of nitrogens with one attached hydrogen (secondary N) is 2. The van der Waals surface area contributed by atoms with Crippen LogP contribution in [0.3, 0.4) is 0 Å². The number of sulfonamides is 1. The topological polar surface area (TPSA) is 97.4 Å². The minimum atomic E-state index is -3.94. The summed E-state index contributed by atoms with van der Waals surface area (Å²) in [5.41, 5.74) is 0.913. The van der Waals surface area contributed by atoms with E-state index in [2.05, 4.69) is 15.0 Å². The molecule has 0 aliphatic heterocycles. The van der Waals surface area contributed by atoms with Crippen molar-refractivity contribution in [3.63, 3.8) is 0 Å². The number of anilines is 1. The van der Waals surface area contributed by atoms with E-state index >= 15 is 0 Å².